The van der Waals surface area contributed by atoms with E-state index in [9.17, 15) is 0 Å². The molecule has 0 saturated carbocycles. The summed E-state index contributed by atoms with van der Waals surface area (Å²) in [6.07, 6.45) is 5.56. The predicted molar refractivity (Wildman–Crippen MR) is 81.9 cm³/mol. The zero-order valence-electron chi connectivity index (χ0n) is 12.0. The van der Waals surface area contributed by atoms with E-state index in [0.717, 1.165) is 30.6 Å². The van der Waals surface area contributed by atoms with E-state index in [4.69, 9.17) is 0 Å². The minimum atomic E-state index is 0.802. The molecular formula is C17H21N3. The lowest BCUT2D eigenvalue weighted by Gasteiger charge is -2.32. The summed E-state index contributed by atoms with van der Waals surface area (Å²) in [4.78, 5) is 11.1. The molecule has 1 fully saturated rings. The minimum absolute atomic E-state index is 0.802. The summed E-state index contributed by atoms with van der Waals surface area (Å²) in [7, 11) is 0. The van der Waals surface area contributed by atoms with Crippen molar-refractivity contribution >= 4 is 5.82 Å². The van der Waals surface area contributed by atoms with Crippen molar-refractivity contribution in [3.63, 3.8) is 0 Å². The molecule has 3 nitrogen and oxygen atoms in total. The van der Waals surface area contributed by atoms with Gasteiger partial charge in [-0.1, -0.05) is 30.3 Å². The third-order valence-corrected chi connectivity index (χ3v) is 4.07. The highest BCUT2D eigenvalue weighted by atomic mass is 15.2. The van der Waals surface area contributed by atoms with Crippen molar-refractivity contribution in [3.8, 4) is 0 Å². The monoisotopic (exact) mass is 267 g/mol. The summed E-state index contributed by atoms with van der Waals surface area (Å²) < 4.78 is 0. The van der Waals surface area contributed by atoms with Crippen molar-refractivity contribution in [2.24, 2.45) is 5.92 Å². The number of benzene rings is 1. The molecule has 0 aliphatic carbocycles. The van der Waals surface area contributed by atoms with E-state index < -0.39 is 0 Å². The van der Waals surface area contributed by atoms with E-state index in [-0.39, 0.29) is 0 Å². The van der Waals surface area contributed by atoms with Crippen LogP contribution in [0.4, 0.5) is 5.82 Å². The number of hydrogen-bond donors (Lipinski definition) is 0. The third-order valence-electron chi connectivity index (χ3n) is 4.07. The summed E-state index contributed by atoms with van der Waals surface area (Å²) in [6, 6.07) is 12.8. The molecule has 2 aromatic rings. The lowest BCUT2D eigenvalue weighted by molar-refractivity contribution is 0.402. The molecule has 1 saturated heterocycles. The number of piperidine rings is 1. The summed E-state index contributed by atoms with van der Waals surface area (Å²) in [5.41, 5.74) is 1.46. The first-order valence-electron chi connectivity index (χ1n) is 7.40. The number of nitrogens with zero attached hydrogens (tertiary/aromatic N) is 3. The van der Waals surface area contributed by atoms with Crippen LogP contribution in [0.15, 0.2) is 42.6 Å². The number of anilines is 1. The van der Waals surface area contributed by atoms with Crippen LogP contribution in [0.25, 0.3) is 0 Å². The number of aromatic nitrogens is 2. The first-order chi connectivity index (χ1) is 9.81. The SMILES string of the molecule is Cc1nccc(N2CCC(Cc3ccccc3)CC2)n1. The summed E-state index contributed by atoms with van der Waals surface area (Å²) in [5.74, 6) is 2.74. The minimum Gasteiger partial charge on any atom is -0.356 e. The average molecular weight is 267 g/mol. The van der Waals surface area contributed by atoms with Crippen LogP contribution in [0.1, 0.15) is 24.2 Å². The zero-order valence-corrected chi connectivity index (χ0v) is 12.0. The molecule has 0 amide bonds. The predicted octanol–water partition coefficient (Wildman–Crippen LogP) is 3.24. The van der Waals surface area contributed by atoms with Crippen LogP contribution < -0.4 is 4.90 Å². The molecule has 0 radical (unpaired) electrons. The van der Waals surface area contributed by atoms with Gasteiger partial charge in [0.25, 0.3) is 0 Å². The molecule has 0 spiro atoms. The van der Waals surface area contributed by atoms with E-state index in [0.29, 0.717) is 0 Å². The normalized spacial score (nSPS) is 16.4. The van der Waals surface area contributed by atoms with Crippen molar-refractivity contribution in [2.75, 3.05) is 18.0 Å². The van der Waals surface area contributed by atoms with E-state index in [2.05, 4.69) is 45.2 Å². The van der Waals surface area contributed by atoms with Gasteiger partial charge in [-0.15, -0.1) is 0 Å². The second kappa shape index (κ2) is 6.04. The first kappa shape index (κ1) is 13.1. The lowest BCUT2D eigenvalue weighted by Crippen LogP contribution is -2.35. The number of rotatable bonds is 3. The van der Waals surface area contributed by atoms with Gasteiger partial charge in [-0.25, -0.2) is 9.97 Å². The van der Waals surface area contributed by atoms with E-state index >= 15 is 0 Å². The summed E-state index contributed by atoms with van der Waals surface area (Å²) >= 11 is 0. The molecule has 1 aromatic heterocycles. The van der Waals surface area contributed by atoms with E-state index in [1.165, 1.54) is 24.8 Å². The lowest BCUT2D eigenvalue weighted by atomic mass is 9.90. The fourth-order valence-electron chi connectivity index (χ4n) is 2.93. The van der Waals surface area contributed by atoms with E-state index in [1.54, 1.807) is 0 Å². The van der Waals surface area contributed by atoms with Gasteiger partial charge in [0.05, 0.1) is 0 Å². The molecule has 3 rings (SSSR count). The fourth-order valence-corrected chi connectivity index (χ4v) is 2.93. The fraction of sp³-hybridized carbons (Fsp3) is 0.412. The summed E-state index contributed by atoms with van der Waals surface area (Å²) in [5, 5.41) is 0. The van der Waals surface area contributed by atoms with Gasteiger partial charge in [0.15, 0.2) is 0 Å². The van der Waals surface area contributed by atoms with Crippen LogP contribution in [0, 0.1) is 12.8 Å². The van der Waals surface area contributed by atoms with Crippen molar-refractivity contribution < 1.29 is 0 Å². The molecule has 0 bridgehead atoms. The van der Waals surface area contributed by atoms with Crippen molar-refractivity contribution in [1.82, 2.24) is 9.97 Å². The maximum Gasteiger partial charge on any atom is 0.132 e. The Morgan fingerprint density at radius 3 is 2.55 bits per heavy atom. The number of hydrogen-bond acceptors (Lipinski definition) is 3. The Hall–Kier alpha value is -1.90. The van der Waals surface area contributed by atoms with Gasteiger partial charge >= 0.3 is 0 Å². The standard InChI is InChI=1S/C17H21N3/c1-14-18-10-7-17(19-14)20-11-8-16(9-12-20)13-15-5-3-2-4-6-15/h2-7,10,16H,8-9,11-13H2,1H3. The Morgan fingerprint density at radius 1 is 1.10 bits per heavy atom. The Bertz CT molecular complexity index is 545. The van der Waals surface area contributed by atoms with Gasteiger partial charge in [0, 0.05) is 19.3 Å². The van der Waals surface area contributed by atoms with Crippen LogP contribution in [0.3, 0.4) is 0 Å². The van der Waals surface area contributed by atoms with Crippen LogP contribution in [0.2, 0.25) is 0 Å². The van der Waals surface area contributed by atoms with Crippen LogP contribution >= 0.6 is 0 Å². The Morgan fingerprint density at radius 2 is 1.85 bits per heavy atom. The highest BCUT2D eigenvalue weighted by Crippen LogP contribution is 2.24. The Balaban J connectivity index is 1.57. The molecular weight excluding hydrogens is 246 g/mol. The highest BCUT2D eigenvalue weighted by molar-refractivity contribution is 5.37. The highest BCUT2D eigenvalue weighted by Gasteiger charge is 2.20. The second-order valence-electron chi connectivity index (χ2n) is 5.58. The first-order valence-corrected chi connectivity index (χ1v) is 7.40. The van der Waals surface area contributed by atoms with Crippen LogP contribution in [-0.2, 0) is 6.42 Å². The largest absolute Gasteiger partial charge is 0.356 e. The third kappa shape index (κ3) is 3.16. The second-order valence-corrected chi connectivity index (χ2v) is 5.58. The molecule has 2 heterocycles. The van der Waals surface area contributed by atoms with Gasteiger partial charge in [0.2, 0.25) is 0 Å². The quantitative estimate of drug-likeness (QED) is 0.855. The van der Waals surface area contributed by atoms with Crippen molar-refractivity contribution in [1.29, 1.82) is 0 Å². The van der Waals surface area contributed by atoms with Crippen LogP contribution in [0.5, 0.6) is 0 Å². The molecule has 3 heteroatoms. The van der Waals surface area contributed by atoms with E-state index in [1.807, 2.05) is 19.2 Å². The van der Waals surface area contributed by atoms with Crippen molar-refractivity contribution in [2.45, 2.75) is 26.2 Å². The molecule has 0 N–H and O–H groups in total. The molecule has 0 unspecified atom stereocenters. The Labute approximate surface area is 120 Å². The van der Waals surface area contributed by atoms with Crippen LogP contribution in [-0.4, -0.2) is 23.1 Å². The average Bonchev–Trinajstić information content (AvgIpc) is 2.49. The summed E-state index contributed by atoms with van der Waals surface area (Å²) in [6.45, 7) is 4.16. The smallest absolute Gasteiger partial charge is 0.132 e. The maximum atomic E-state index is 4.52. The van der Waals surface area contributed by atoms with Gasteiger partial charge < -0.3 is 4.90 Å². The molecule has 20 heavy (non-hydrogen) atoms. The van der Waals surface area contributed by atoms with Gasteiger partial charge in [-0.3, -0.25) is 0 Å². The topological polar surface area (TPSA) is 29.0 Å². The van der Waals surface area contributed by atoms with Gasteiger partial charge in [-0.05, 0) is 43.7 Å². The molecule has 1 aromatic carbocycles. The van der Waals surface area contributed by atoms with Gasteiger partial charge in [-0.2, -0.15) is 0 Å². The zero-order chi connectivity index (χ0) is 13.8. The molecule has 0 atom stereocenters. The van der Waals surface area contributed by atoms with Crippen molar-refractivity contribution in [3.05, 3.63) is 54.0 Å². The molecule has 1 aliphatic heterocycles. The van der Waals surface area contributed by atoms with Gasteiger partial charge in [0.1, 0.15) is 11.6 Å². The number of aryl methyl sites for hydroxylation is 1. The Kier molecular flexibility index (Phi) is 3.95. The molecule has 1 aliphatic rings. The maximum absolute atomic E-state index is 4.52. The molecule has 104 valence electrons.